The van der Waals surface area contributed by atoms with Crippen molar-refractivity contribution in [2.75, 3.05) is 25.6 Å². The fourth-order valence-corrected chi connectivity index (χ4v) is 7.54. The number of para-hydroxylation sites is 1. The van der Waals surface area contributed by atoms with Gasteiger partial charge in [-0.25, -0.2) is 0 Å². The number of aliphatic carboxylic acids is 1. The molecule has 0 aliphatic rings. The Bertz CT molecular complexity index is 2490. The molecule has 5 atom stereocenters. The molecule has 0 spiro atoms. The molecule has 21 nitrogen and oxygen atoms in total. The molecule has 23 heteroatoms. The Morgan fingerprint density at radius 3 is 2.06 bits per heavy atom. The van der Waals surface area contributed by atoms with Crippen LogP contribution >= 0.6 is 11.8 Å². The molecule has 0 radical (unpaired) electrons. The van der Waals surface area contributed by atoms with Crippen molar-refractivity contribution < 1.29 is 60.6 Å². The number of fused-ring (bicyclic) bond motifs is 1. The molecule has 7 amide bonds. The SMILES string of the molecule is CSCCC(NC(=O)C(Cc1c[nH]c2ccccc12)NC(=O)CNC(=O)C(C)NC(=O)Cc1ccc(OS(=O)(=O)O)cc1)C(=O)NC(CC(=O)O)C(=O)N(C)C(Cc1ccccc1)C(N)=O. The van der Waals surface area contributed by atoms with Crippen molar-refractivity contribution >= 4 is 80.4 Å². The minimum Gasteiger partial charge on any atom is -0.481 e. The van der Waals surface area contributed by atoms with Crippen LogP contribution in [-0.2, 0) is 68.0 Å². The quantitative estimate of drug-likeness (QED) is 0.0395. The molecule has 1 heterocycles. The van der Waals surface area contributed by atoms with Gasteiger partial charge in [-0.15, -0.1) is 0 Å². The van der Waals surface area contributed by atoms with Gasteiger partial charge in [-0.3, -0.25) is 42.9 Å². The molecule has 0 bridgehead atoms. The normalized spacial score (nSPS) is 13.5. The molecule has 0 fully saturated rings. The number of primary amides is 1. The van der Waals surface area contributed by atoms with E-state index in [9.17, 15) is 51.9 Å². The molecule has 354 valence electrons. The van der Waals surface area contributed by atoms with Gasteiger partial charge in [0.1, 0.15) is 36.0 Å². The highest BCUT2D eigenvalue weighted by molar-refractivity contribution is 7.98. The molecule has 0 saturated heterocycles. The number of thioether (sulfide) groups is 1. The highest BCUT2D eigenvalue weighted by atomic mass is 32.3. The van der Waals surface area contributed by atoms with Gasteiger partial charge < -0.3 is 51.5 Å². The number of rotatable bonds is 25. The topological polar surface area (TPSA) is 326 Å². The summed E-state index contributed by atoms with van der Waals surface area (Å²) in [5.41, 5.74) is 8.10. The number of hydrogen-bond donors (Lipinski definition) is 9. The first kappa shape index (κ1) is 51.7. The molecule has 4 aromatic rings. The minimum absolute atomic E-state index is 0.0148. The number of carboxylic acid groups (broad SMARTS) is 1. The zero-order valence-corrected chi connectivity index (χ0v) is 37.8. The summed E-state index contributed by atoms with van der Waals surface area (Å²) in [5, 5.41) is 23.0. The van der Waals surface area contributed by atoms with E-state index in [0.717, 1.165) is 15.8 Å². The van der Waals surface area contributed by atoms with Crippen molar-refractivity contribution in [3.63, 3.8) is 0 Å². The Kier molecular flexibility index (Phi) is 19.1. The lowest BCUT2D eigenvalue weighted by Crippen LogP contribution is -2.59. The Balaban J connectivity index is 1.46. The summed E-state index contributed by atoms with van der Waals surface area (Å²) < 4.78 is 35.0. The van der Waals surface area contributed by atoms with Crippen LogP contribution in [-0.4, -0.2) is 131 Å². The maximum Gasteiger partial charge on any atom is 0.446 e. The summed E-state index contributed by atoms with van der Waals surface area (Å²) in [5.74, 6) is -6.96. The molecule has 0 aliphatic carbocycles. The molecule has 0 aliphatic heterocycles. The predicted octanol–water partition coefficient (Wildman–Crippen LogP) is -0.00720. The van der Waals surface area contributed by atoms with Crippen LogP contribution in [0.4, 0.5) is 0 Å². The summed E-state index contributed by atoms with van der Waals surface area (Å²) in [6.45, 7) is 0.736. The molecule has 10 N–H and O–H groups in total. The summed E-state index contributed by atoms with van der Waals surface area (Å²) in [4.78, 5) is 109. The summed E-state index contributed by atoms with van der Waals surface area (Å²) in [6.07, 6.45) is 2.26. The third kappa shape index (κ3) is 16.2. The number of carbonyl (C=O) groups excluding carboxylic acids is 7. The van der Waals surface area contributed by atoms with Crippen molar-refractivity contribution in [3.8, 4) is 5.75 Å². The summed E-state index contributed by atoms with van der Waals surface area (Å²) >= 11 is 1.34. The van der Waals surface area contributed by atoms with Crippen LogP contribution in [0.25, 0.3) is 10.9 Å². The second-order valence-corrected chi connectivity index (χ2v) is 17.1. The second kappa shape index (κ2) is 24.3. The number of H-pyrrole nitrogens is 1. The third-order valence-electron chi connectivity index (χ3n) is 10.1. The van der Waals surface area contributed by atoms with E-state index in [1.54, 1.807) is 61.0 Å². The number of aromatic amines is 1. The maximum atomic E-state index is 14.1. The Morgan fingerprint density at radius 2 is 1.42 bits per heavy atom. The molecular weight excluding hydrogens is 901 g/mol. The summed E-state index contributed by atoms with van der Waals surface area (Å²) in [6, 6.07) is 14.4. The van der Waals surface area contributed by atoms with Gasteiger partial charge in [0.15, 0.2) is 0 Å². The number of amides is 7. The molecule has 1 aromatic heterocycles. The second-order valence-electron chi connectivity index (χ2n) is 15.1. The lowest BCUT2D eigenvalue weighted by Gasteiger charge is -2.30. The monoisotopic (exact) mass is 952 g/mol. The lowest BCUT2D eigenvalue weighted by molar-refractivity contribution is -0.145. The smallest absolute Gasteiger partial charge is 0.446 e. The number of nitrogens with one attached hydrogen (secondary N) is 6. The van der Waals surface area contributed by atoms with Crippen molar-refractivity contribution in [2.45, 2.75) is 69.2 Å². The van der Waals surface area contributed by atoms with Gasteiger partial charge in [-0.1, -0.05) is 60.7 Å². The lowest BCUT2D eigenvalue weighted by atomic mass is 10.0. The van der Waals surface area contributed by atoms with Crippen LogP contribution < -0.4 is 36.5 Å². The number of likely N-dealkylation sites (N-methyl/N-ethyl adjacent to an activating group) is 1. The number of carboxylic acids is 1. The van der Waals surface area contributed by atoms with E-state index in [1.807, 2.05) is 6.07 Å². The standard InChI is InChI=1S/C43H52N8O13S2/c1-25(47-36(52)20-27-13-15-29(16-14-27)64-66(61,62)63)40(57)46-24-37(53)48-33(21-28-23-45-31-12-8-7-11-30(28)31)42(59)49-32(17-18-65-3)41(58)50-34(22-38(54)55)43(60)51(2)35(39(44)56)19-26-9-5-4-6-10-26/h4-16,23,25,32-35,45H,17-22,24H2,1-3H3,(H2,44,56)(H,46,57)(H,47,52)(H,48,53)(H,49,59)(H,50,58)(H,54,55)(H,61,62,63). The molecule has 66 heavy (non-hydrogen) atoms. The van der Waals surface area contributed by atoms with Gasteiger partial charge in [-0.2, -0.15) is 20.2 Å². The van der Waals surface area contributed by atoms with Crippen LogP contribution in [0, 0.1) is 0 Å². The first-order valence-corrected chi connectivity index (χ1v) is 23.1. The van der Waals surface area contributed by atoms with E-state index in [-0.39, 0.29) is 31.4 Å². The van der Waals surface area contributed by atoms with Crippen molar-refractivity contribution in [1.82, 2.24) is 36.5 Å². The molecule has 4 rings (SSSR count). The number of hydrogen-bond acceptors (Lipinski definition) is 12. The largest absolute Gasteiger partial charge is 0.481 e. The Labute approximate surface area is 384 Å². The third-order valence-corrected chi connectivity index (χ3v) is 11.1. The molecule has 3 aromatic carbocycles. The van der Waals surface area contributed by atoms with Crippen LogP contribution in [0.2, 0.25) is 0 Å². The number of nitrogens with zero attached hydrogens (tertiary/aromatic N) is 1. The van der Waals surface area contributed by atoms with Crippen molar-refractivity contribution in [3.05, 3.63) is 102 Å². The molecule has 0 saturated carbocycles. The Morgan fingerprint density at radius 1 is 0.788 bits per heavy atom. The van der Waals surface area contributed by atoms with Crippen LogP contribution in [0.3, 0.4) is 0 Å². The number of nitrogens with two attached hydrogens (primary N) is 1. The average molecular weight is 953 g/mol. The van der Waals surface area contributed by atoms with Crippen molar-refractivity contribution in [2.24, 2.45) is 5.73 Å². The zero-order valence-electron chi connectivity index (χ0n) is 36.1. The van der Waals surface area contributed by atoms with Gasteiger partial charge in [0.2, 0.25) is 41.4 Å². The summed E-state index contributed by atoms with van der Waals surface area (Å²) in [7, 11) is -3.47. The minimum atomic E-state index is -4.74. The Hall–Kier alpha value is -6.98. The first-order valence-electron chi connectivity index (χ1n) is 20.3. The number of aromatic nitrogens is 1. The fourth-order valence-electron chi connectivity index (χ4n) is 6.71. The zero-order chi connectivity index (χ0) is 48.6. The van der Waals surface area contributed by atoms with E-state index >= 15 is 0 Å². The maximum absolute atomic E-state index is 14.1. The van der Waals surface area contributed by atoms with Gasteiger partial charge >= 0.3 is 16.4 Å². The van der Waals surface area contributed by atoms with Gasteiger partial charge in [0, 0.05) is 37.0 Å². The van der Waals surface area contributed by atoms with Crippen LogP contribution in [0.15, 0.2) is 85.1 Å². The fraction of sp³-hybridized carbons (Fsp3) is 0.349. The van der Waals surface area contributed by atoms with Crippen molar-refractivity contribution in [1.29, 1.82) is 0 Å². The molecular formula is C43H52N8O13S2. The highest BCUT2D eigenvalue weighted by Crippen LogP contribution is 2.20. The van der Waals surface area contributed by atoms with Gasteiger partial charge in [-0.05, 0) is 60.2 Å². The highest BCUT2D eigenvalue weighted by Gasteiger charge is 2.35. The van der Waals surface area contributed by atoms with Crippen LogP contribution in [0.5, 0.6) is 5.75 Å². The van der Waals surface area contributed by atoms with Gasteiger partial charge in [0.05, 0.1) is 19.4 Å². The first-order chi connectivity index (χ1) is 31.2. The average Bonchev–Trinajstić information content (AvgIpc) is 3.67. The number of benzene rings is 3. The predicted molar refractivity (Wildman–Crippen MR) is 242 cm³/mol. The van der Waals surface area contributed by atoms with E-state index < -0.39 is 101 Å². The van der Waals surface area contributed by atoms with Crippen LogP contribution in [0.1, 0.15) is 36.5 Å². The van der Waals surface area contributed by atoms with Gasteiger partial charge in [0.25, 0.3) is 0 Å². The van der Waals surface area contributed by atoms with E-state index in [4.69, 9.17) is 10.3 Å². The van der Waals surface area contributed by atoms with E-state index in [2.05, 4.69) is 35.8 Å². The van der Waals surface area contributed by atoms with E-state index in [1.165, 1.54) is 50.0 Å². The van der Waals surface area contributed by atoms with E-state index in [0.29, 0.717) is 22.4 Å². The number of carbonyl (C=O) groups is 8. The molecule has 5 unspecified atom stereocenters.